The predicted molar refractivity (Wildman–Crippen MR) is 79.0 cm³/mol. The van der Waals surface area contributed by atoms with Gasteiger partial charge in [-0.05, 0) is 49.3 Å². The second-order valence-electron chi connectivity index (χ2n) is 5.84. The third-order valence-corrected chi connectivity index (χ3v) is 6.02. The van der Waals surface area contributed by atoms with Gasteiger partial charge >= 0.3 is 0 Å². The Balaban J connectivity index is 2.18. The third kappa shape index (κ3) is 3.33. The van der Waals surface area contributed by atoms with Crippen LogP contribution in [0.25, 0.3) is 0 Å². The molecular weight excluding hydrogens is 274 g/mol. The Morgan fingerprint density at radius 2 is 2.00 bits per heavy atom. The molecule has 2 rings (SSSR count). The molecule has 0 saturated carbocycles. The molecular formula is C15H23NO3S. The van der Waals surface area contributed by atoms with Crippen LogP contribution in [0.1, 0.15) is 33.1 Å². The molecule has 1 aliphatic heterocycles. The number of nitrogens with zero attached hydrogens (tertiary/aromatic N) is 1. The van der Waals surface area contributed by atoms with Gasteiger partial charge in [-0.1, -0.05) is 19.9 Å². The molecule has 0 spiro atoms. The summed E-state index contributed by atoms with van der Waals surface area (Å²) >= 11 is 0. The lowest BCUT2D eigenvalue weighted by Gasteiger charge is -2.21. The Bertz CT molecular complexity index is 554. The van der Waals surface area contributed by atoms with Crippen molar-refractivity contribution in [3.63, 3.8) is 0 Å². The van der Waals surface area contributed by atoms with Gasteiger partial charge in [-0.15, -0.1) is 0 Å². The van der Waals surface area contributed by atoms with Gasteiger partial charge in [-0.2, -0.15) is 4.31 Å². The first kappa shape index (κ1) is 15.3. The summed E-state index contributed by atoms with van der Waals surface area (Å²) in [5.74, 6) is 1.18. The van der Waals surface area contributed by atoms with E-state index in [0.717, 1.165) is 19.3 Å². The van der Waals surface area contributed by atoms with Gasteiger partial charge in [0.2, 0.25) is 10.0 Å². The molecule has 1 fully saturated rings. The van der Waals surface area contributed by atoms with Crippen molar-refractivity contribution in [2.45, 2.75) is 38.0 Å². The molecule has 5 heteroatoms. The number of rotatable bonds is 3. The number of benzene rings is 1. The van der Waals surface area contributed by atoms with E-state index in [9.17, 15) is 13.5 Å². The summed E-state index contributed by atoms with van der Waals surface area (Å²) in [5.41, 5.74) is 0. The lowest BCUT2D eigenvalue weighted by atomic mass is 9.89. The summed E-state index contributed by atoms with van der Waals surface area (Å²) < 4.78 is 26.7. The minimum Gasteiger partial charge on any atom is -0.508 e. The van der Waals surface area contributed by atoms with Crippen molar-refractivity contribution in [1.82, 2.24) is 4.31 Å². The van der Waals surface area contributed by atoms with E-state index in [1.165, 1.54) is 12.1 Å². The van der Waals surface area contributed by atoms with Gasteiger partial charge in [0.25, 0.3) is 0 Å². The number of aromatic hydroxyl groups is 1. The first-order valence-electron chi connectivity index (χ1n) is 7.20. The molecule has 1 unspecified atom stereocenters. The number of phenols is 1. The first-order chi connectivity index (χ1) is 9.41. The van der Waals surface area contributed by atoms with E-state index in [1.54, 1.807) is 16.4 Å². The average Bonchev–Trinajstić information content (AvgIpc) is 2.64. The van der Waals surface area contributed by atoms with Gasteiger partial charge in [-0.3, -0.25) is 0 Å². The molecule has 0 aliphatic carbocycles. The van der Waals surface area contributed by atoms with Gasteiger partial charge in [0, 0.05) is 13.1 Å². The zero-order chi connectivity index (χ0) is 14.8. The van der Waals surface area contributed by atoms with Crippen LogP contribution >= 0.6 is 0 Å². The van der Waals surface area contributed by atoms with Crippen LogP contribution in [0.3, 0.4) is 0 Å². The SMILES string of the molecule is CC(C)C1CCCN(S(=O)(=O)c2cccc(O)c2)CC1. The quantitative estimate of drug-likeness (QED) is 0.933. The molecule has 0 aromatic heterocycles. The van der Waals surface area contributed by atoms with E-state index in [4.69, 9.17) is 0 Å². The fourth-order valence-corrected chi connectivity index (χ4v) is 4.33. The normalized spacial score (nSPS) is 21.9. The lowest BCUT2D eigenvalue weighted by molar-refractivity contribution is 0.340. The fraction of sp³-hybridized carbons (Fsp3) is 0.600. The first-order valence-corrected chi connectivity index (χ1v) is 8.64. The van der Waals surface area contributed by atoms with Crippen LogP contribution in [0, 0.1) is 11.8 Å². The minimum atomic E-state index is -3.48. The topological polar surface area (TPSA) is 57.6 Å². The van der Waals surface area contributed by atoms with Gasteiger partial charge in [-0.25, -0.2) is 8.42 Å². The molecule has 1 saturated heterocycles. The standard InChI is InChI=1S/C15H23NO3S/c1-12(2)13-5-4-9-16(10-8-13)20(18,19)15-7-3-6-14(17)11-15/h3,6-7,11-13,17H,4-5,8-10H2,1-2H3. The molecule has 20 heavy (non-hydrogen) atoms. The monoisotopic (exact) mass is 297 g/mol. The summed E-state index contributed by atoms with van der Waals surface area (Å²) in [6.07, 6.45) is 2.90. The summed E-state index contributed by atoms with van der Waals surface area (Å²) in [4.78, 5) is 0.181. The van der Waals surface area contributed by atoms with Crippen molar-refractivity contribution >= 4 is 10.0 Å². The molecule has 1 aliphatic rings. The zero-order valence-corrected chi connectivity index (χ0v) is 12.9. The summed E-state index contributed by atoms with van der Waals surface area (Å²) in [5, 5.41) is 9.46. The van der Waals surface area contributed by atoms with Crippen LogP contribution in [0.4, 0.5) is 0 Å². The lowest BCUT2D eigenvalue weighted by Crippen LogP contribution is -2.32. The Hall–Kier alpha value is -1.07. The highest BCUT2D eigenvalue weighted by Crippen LogP contribution is 2.28. The minimum absolute atomic E-state index is 0.0130. The Morgan fingerprint density at radius 1 is 1.25 bits per heavy atom. The van der Waals surface area contributed by atoms with Gasteiger partial charge in [0.05, 0.1) is 4.90 Å². The molecule has 0 amide bonds. The van der Waals surface area contributed by atoms with E-state index in [1.807, 2.05) is 0 Å². The van der Waals surface area contributed by atoms with Crippen LogP contribution in [0.5, 0.6) is 5.75 Å². The molecule has 4 nitrogen and oxygen atoms in total. The maximum Gasteiger partial charge on any atom is 0.243 e. The van der Waals surface area contributed by atoms with Gasteiger partial charge in [0.1, 0.15) is 5.75 Å². The number of hydrogen-bond acceptors (Lipinski definition) is 3. The number of sulfonamides is 1. The van der Waals surface area contributed by atoms with E-state index < -0.39 is 10.0 Å². The van der Waals surface area contributed by atoms with Crippen LogP contribution in [0.15, 0.2) is 29.2 Å². The van der Waals surface area contributed by atoms with E-state index in [2.05, 4.69) is 13.8 Å². The van der Waals surface area contributed by atoms with Crippen LogP contribution in [-0.4, -0.2) is 30.9 Å². The summed E-state index contributed by atoms with van der Waals surface area (Å²) in [6.45, 7) is 5.54. The van der Waals surface area contributed by atoms with Crippen LogP contribution in [-0.2, 0) is 10.0 Å². The smallest absolute Gasteiger partial charge is 0.243 e. The maximum absolute atomic E-state index is 12.6. The van der Waals surface area contributed by atoms with Crippen molar-refractivity contribution in [2.24, 2.45) is 11.8 Å². The molecule has 112 valence electrons. The highest BCUT2D eigenvalue weighted by Gasteiger charge is 2.28. The largest absolute Gasteiger partial charge is 0.508 e. The number of phenolic OH excluding ortho intramolecular Hbond substituents is 1. The zero-order valence-electron chi connectivity index (χ0n) is 12.1. The van der Waals surface area contributed by atoms with Crippen molar-refractivity contribution in [1.29, 1.82) is 0 Å². The summed E-state index contributed by atoms with van der Waals surface area (Å²) in [6, 6.07) is 5.91. The molecule has 1 N–H and O–H groups in total. The molecule has 1 atom stereocenters. The van der Waals surface area contributed by atoms with Crippen molar-refractivity contribution < 1.29 is 13.5 Å². The highest BCUT2D eigenvalue weighted by atomic mass is 32.2. The Morgan fingerprint density at radius 3 is 2.65 bits per heavy atom. The Labute approximate surface area is 121 Å². The third-order valence-electron chi connectivity index (χ3n) is 4.13. The van der Waals surface area contributed by atoms with Crippen LogP contribution in [0.2, 0.25) is 0 Å². The number of hydrogen-bond donors (Lipinski definition) is 1. The van der Waals surface area contributed by atoms with E-state index >= 15 is 0 Å². The predicted octanol–water partition coefficient (Wildman–Crippen LogP) is 2.84. The maximum atomic E-state index is 12.6. The van der Waals surface area contributed by atoms with Crippen molar-refractivity contribution in [2.75, 3.05) is 13.1 Å². The summed E-state index contributed by atoms with van der Waals surface area (Å²) in [7, 11) is -3.48. The van der Waals surface area contributed by atoms with Crippen molar-refractivity contribution in [3.05, 3.63) is 24.3 Å². The van der Waals surface area contributed by atoms with E-state index in [0.29, 0.717) is 24.9 Å². The molecule has 0 radical (unpaired) electrons. The van der Waals surface area contributed by atoms with Gasteiger partial charge in [0.15, 0.2) is 0 Å². The van der Waals surface area contributed by atoms with Gasteiger partial charge < -0.3 is 5.11 Å². The second kappa shape index (κ2) is 6.14. The molecule has 0 bridgehead atoms. The fourth-order valence-electron chi connectivity index (χ4n) is 2.80. The van der Waals surface area contributed by atoms with Crippen LogP contribution < -0.4 is 0 Å². The highest BCUT2D eigenvalue weighted by molar-refractivity contribution is 7.89. The molecule has 1 heterocycles. The Kier molecular flexibility index (Phi) is 4.70. The second-order valence-corrected chi connectivity index (χ2v) is 7.77. The average molecular weight is 297 g/mol. The van der Waals surface area contributed by atoms with Crippen molar-refractivity contribution in [3.8, 4) is 5.75 Å². The molecule has 1 aromatic rings. The molecule has 1 aromatic carbocycles. The van der Waals surface area contributed by atoms with E-state index in [-0.39, 0.29) is 10.6 Å².